The van der Waals surface area contributed by atoms with E-state index in [2.05, 4.69) is 5.32 Å². The highest BCUT2D eigenvalue weighted by atomic mass is 32.1. The number of carbonyl (C=O) groups is 2. The molecule has 0 atom stereocenters. The van der Waals surface area contributed by atoms with Gasteiger partial charge in [-0.05, 0) is 49.6 Å². The molecule has 0 fully saturated rings. The first-order valence-corrected chi connectivity index (χ1v) is 10.7. The number of hydrogen-bond donors (Lipinski definition) is 1. The second-order valence-corrected chi connectivity index (χ2v) is 8.05. The molecule has 1 aromatic heterocycles. The van der Waals surface area contributed by atoms with Crippen LogP contribution in [0.4, 0.5) is 5.00 Å². The topological polar surface area (TPSA) is 64.6 Å². The second-order valence-electron chi connectivity index (χ2n) is 6.95. The van der Waals surface area contributed by atoms with E-state index in [1.165, 1.54) is 16.2 Å². The zero-order valence-electron chi connectivity index (χ0n) is 16.3. The third kappa shape index (κ3) is 4.12. The first-order chi connectivity index (χ1) is 14.2. The Balaban J connectivity index is 1.51. The molecule has 6 heteroatoms. The summed E-state index contributed by atoms with van der Waals surface area (Å²) in [7, 11) is 0. The maximum absolute atomic E-state index is 12.6. The van der Waals surface area contributed by atoms with Crippen LogP contribution in [0.25, 0.3) is 10.8 Å². The summed E-state index contributed by atoms with van der Waals surface area (Å²) in [4.78, 5) is 26.3. The van der Waals surface area contributed by atoms with Gasteiger partial charge in [0.15, 0.2) is 6.61 Å². The summed E-state index contributed by atoms with van der Waals surface area (Å²) in [5.74, 6) is 0.00796. The minimum Gasteiger partial charge on any atom is -0.483 e. The summed E-state index contributed by atoms with van der Waals surface area (Å²) in [6.45, 7) is 1.97. The van der Waals surface area contributed by atoms with Crippen molar-refractivity contribution in [3.05, 3.63) is 58.5 Å². The SMILES string of the molecule is CCOC(=O)c1c(NC(=O)COc2cccc3ccccc23)sc2c1CCCC2. The van der Waals surface area contributed by atoms with E-state index in [9.17, 15) is 9.59 Å². The first-order valence-electron chi connectivity index (χ1n) is 9.89. The third-order valence-electron chi connectivity index (χ3n) is 5.01. The number of aryl methyl sites for hydroxylation is 1. The van der Waals surface area contributed by atoms with Gasteiger partial charge in [-0.25, -0.2) is 4.79 Å². The van der Waals surface area contributed by atoms with Crippen molar-refractivity contribution < 1.29 is 19.1 Å². The number of nitrogens with one attached hydrogen (secondary N) is 1. The van der Waals surface area contributed by atoms with Crippen LogP contribution in [0.2, 0.25) is 0 Å². The van der Waals surface area contributed by atoms with Gasteiger partial charge in [0.2, 0.25) is 0 Å². The summed E-state index contributed by atoms with van der Waals surface area (Å²) < 4.78 is 11.0. The normalized spacial score (nSPS) is 13.0. The Hall–Kier alpha value is -2.86. The molecule has 0 aliphatic heterocycles. The molecule has 3 aromatic rings. The van der Waals surface area contributed by atoms with E-state index >= 15 is 0 Å². The lowest BCUT2D eigenvalue weighted by molar-refractivity contribution is -0.118. The van der Waals surface area contributed by atoms with Gasteiger partial charge in [-0.3, -0.25) is 4.79 Å². The average Bonchev–Trinajstić information content (AvgIpc) is 3.10. The molecule has 4 rings (SSSR count). The highest BCUT2D eigenvalue weighted by molar-refractivity contribution is 7.17. The van der Waals surface area contributed by atoms with Crippen LogP contribution in [-0.4, -0.2) is 25.1 Å². The van der Waals surface area contributed by atoms with Gasteiger partial charge in [0.1, 0.15) is 10.8 Å². The number of amides is 1. The lowest BCUT2D eigenvalue weighted by atomic mass is 9.95. The molecular formula is C23H23NO4S. The van der Waals surface area contributed by atoms with Gasteiger partial charge in [-0.2, -0.15) is 0 Å². The van der Waals surface area contributed by atoms with Gasteiger partial charge in [0, 0.05) is 10.3 Å². The zero-order valence-corrected chi connectivity index (χ0v) is 17.1. The molecule has 1 amide bonds. The van der Waals surface area contributed by atoms with Crippen molar-refractivity contribution in [2.24, 2.45) is 0 Å². The molecule has 1 aliphatic carbocycles. The van der Waals surface area contributed by atoms with E-state index in [4.69, 9.17) is 9.47 Å². The van der Waals surface area contributed by atoms with Crippen molar-refractivity contribution in [1.29, 1.82) is 0 Å². The Kier molecular flexibility index (Phi) is 5.81. The van der Waals surface area contributed by atoms with Crippen LogP contribution in [0, 0.1) is 0 Å². The number of rotatable bonds is 6. The molecule has 0 unspecified atom stereocenters. The van der Waals surface area contributed by atoms with E-state index in [0.717, 1.165) is 42.0 Å². The average molecular weight is 410 g/mol. The van der Waals surface area contributed by atoms with E-state index < -0.39 is 0 Å². The second kappa shape index (κ2) is 8.66. The lowest BCUT2D eigenvalue weighted by Crippen LogP contribution is -2.21. The molecule has 1 heterocycles. The van der Waals surface area contributed by atoms with Crippen LogP contribution in [0.5, 0.6) is 5.75 Å². The highest BCUT2D eigenvalue weighted by Crippen LogP contribution is 2.38. The Morgan fingerprint density at radius 3 is 2.72 bits per heavy atom. The Labute approximate surface area is 173 Å². The van der Waals surface area contributed by atoms with Gasteiger partial charge >= 0.3 is 5.97 Å². The molecule has 29 heavy (non-hydrogen) atoms. The number of hydrogen-bond acceptors (Lipinski definition) is 5. The van der Waals surface area contributed by atoms with Crippen molar-refractivity contribution in [2.75, 3.05) is 18.5 Å². The van der Waals surface area contributed by atoms with Crippen LogP contribution >= 0.6 is 11.3 Å². The largest absolute Gasteiger partial charge is 0.483 e. The van der Waals surface area contributed by atoms with Crippen molar-refractivity contribution in [3.8, 4) is 5.75 Å². The minimum atomic E-state index is -0.364. The van der Waals surface area contributed by atoms with Crippen LogP contribution in [-0.2, 0) is 22.4 Å². The molecule has 0 radical (unpaired) electrons. The standard InChI is InChI=1S/C23H23NO4S/c1-2-27-23(26)21-17-11-5-6-13-19(17)29-22(21)24-20(25)14-28-18-12-7-9-15-8-3-4-10-16(15)18/h3-4,7-10,12H,2,5-6,11,13-14H2,1H3,(H,24,25). The van der Waals surface area contributed by atoms with E-state index in [1.807, 2.05) is 42.5 Å². The fourth-order valence-corrected chi connectivity index (χ4v) is 4.99. The number of benzene rings is 2. The van der Waals surface area contributed by atoms with Crippen molar-refractivity contribution in [2.45, 2.75) is 32.6 Å². The number of ether oxygens (including phenoxy) is 2. The zero-order chi connectivity index (χ0) is 20.2. The molecule has 0 saturated heterocycles. The maximum Gasteiger partial charge on any atom is 0.341 e. The molecule has 150 valence electrons. The number of thiophene rings is 1. The predicted molar refractivity (Wildman–Crippen MR) is 115 cm³/mol. The fraction of sp³-hybridized carbons (Fsp3) is 0.304. The predicted octanol–water partition coefficient (Wildman–Crippen LogP) is 4.97. The molecule has 1 N–H and O–H groups in total. The lowest BCUT2D eigenvalue weighted by Gasteiger charge is -2.12. The van der Waals surface area contributed by atoms with Crippen molar-refractivity contribution >= 4 is 39.0 Å². The van der Waals surface area contributed by atoms with Gasteiger partial charge in [0.05, 0.1) is 12.2 Å². The molecule has 0 saturated carbocycles. The minimum absolute atomic E-state index is 0.126. The molecule has 0 spiro atoms. The highest BCUT2D eigenvalue weighted by Gasteiger charge is 2.27. The number of anilines is 1. The Morgan fingerprint density at radius 1 is 1.07 bits per heavy atom. The number of fused-ring (bicyclic) bond motifs is 2. The summed E-state index contributed by atoms with van der Waals surface area (Å²) in [6.07, 6.45) is 3.94. The van der Waals surface area contributed by atoms with E-state index in [1.54, 1.807) is 6.92 Å². The summed E-state index contributed by atoms with van der Waals surface area (Å²) in [6, 6.07) is 13.6. The number of esters is 1. The third-order valence-corrected chi connectivity index (χ3v) is 6.22. The maximum atomic E-state index is 12.6. The monoisotopic (exact) mass is 409 g/mol. The summed E-state index contributed by atoms with van der Waals surface area (Å²) in [5.41, 5.74) is 1.55. The van der Waals surface area contributed by atoms with Crippen LogP contribution in [0.1, 0.15) is 40.6 Å². The number of carbonyl (C=O) groups excluding carboxylic acids is 2. The molecule has 2 aromatic carbocycles. The van der Waals surface area contributed by atoms with Crippen LogP contribution < -0.4 is 10.1 Å². The smallest absolute Gasteiger partial charge is 0.341 e. The molecule has 0 bridgehead atoms. The first kappa shape index (κ1) is 19.5. The van der Waals surface area contributed by atoms with Gasteiger partial charge in [0.25, 0.3) is 5.91 Å². The quantitative estimate of drug-likeness (QED) is 0.584. The van der Waals surface area contributed by atoms with E-state index in [-0.39, 0.29) is 18.5 Å². The van der Waals surface area contributed by atoms with Crippen molar-refractivity contribution in [1.82, 2.24) is 0 Å². The summed E-state index contributed by atoms with van der Waals surface area (Å²) in [5, 5.41) is 5.47. The Bertz CT molecular complexity index is 1050. The van der Waals surface area contributed by atoms with Gasteiger partial charge < -0.3 is 14.8 Å². The fourth-order valence-electron chi connectivity index (χ4n) is 3.70. The molecule has 1 aliphatic rings. The molecular weight excluding hydrogens is 386 g/mol. The summed E-state index contributed by atoms with van der Waals surface area (Å²) >= 11 is 1.48. The van der Waals surface area contributed by atoms with Crippen molar-refractivity contribution in [3.63, 3.8) is 0 Å². The van der Waals surface area contributed by atoms with E-state index in [0.29, 0.717) is 22.9 Å². The molecule has 5 nitrogen and oxygen atoms in total. The van der Waals surface area contributed by atoms with Gasteiger partial charge in [-0.1, -0.05) is 36.4 Å². The van der Waals surface area contributed by atoms with Crippen LogP contribution in [0.15, 0.2) is 42.5 Å². The van der Waals surface area contributed by atoms with Crippen LogP contribution in [0.3, 0.4) is 0 Å². The Morgan fingerprint density at radius 2 is 1.86 bits per heavy atom. The van der Waals surface area contributed by atoms with Gasteiger partial charge in [-0.15, -0.1) is 11.3 Å².